The molecular weight excluding hydrogens is 321 g/mol. The van der Waals surface area contributed by atoms with E-state index in [0.717, 1.165) is 16.8 Å². The van der Waals surface area contributed by atoms with Gasteiger partial charge in [0.15, 0.2) is 5.82 Å². The minimum absolute atomic E-state index is 0.256. The van der Waals surface area contributed by atoms with Gasteiger partial charge in [0, 0.05) is 30.1 Å². The van der Waals surface area contributed by atoms with Crippen LogP contribution in [0.2, 0.25) is 0 Å². The number of aromatic amines is 1. The van der Waals surface area contributed by atoms with Crippen molar-refractivity contribution in [1.29, 1.82) is 0 Å². The molecular formula is C17H16FN7. The predicted molar refractivity (Wildman–Crippen MR) is 89.9 cm³/mol. The zero-order chi connectivity index (χ0) is 17.2. The van der Waals surface area contributed by atoms with Gasteiger partial charge in [0.2, 0.25) is 0 Å². The lowest BCUT2D eigenvalue weighted by Crippen LogP contribution is -2.18. The Bertz CT molecular complexity index is 957. The quantitative estimate of drug-likeness (QED) is 0.605. The molecule has 0 aliphatic carbocycles. The largest absolute Gasteiger partial charge is 0.295 e. The van der Waals surface area contributed by atoms with E-state index in [4.69, 9.17) is 0 Å². The van der Waals surface area contributed by atoms with Gasteiger partial charge in [-0.25, -0.2) is 13.9 Å². The van der Waals surface area contributed by atoms with E-state index in [1.54, 1.807) is 29.0 Å². The molecule has 0 fully saturated rings. The molecule has 4 aromatic rings. The predicted octanol–water partition coefficient (Wildman–Crippen LogP) is 2.29. The van der Waals surface area contributed by atoms with Crippen LogP contribution in [-0.4, -0.2) is 41.7 Å². The molecule has 0 amide bonds. The Morgan fingerprint density at radius 3 is 2.84 bits per heavy atom. The van der Waals surface area contributed by atoms with E-state index in [1.165, 1.54) is 12.1 Å². The normalized spacial score (nSPS) is 11.5. The Balaban J connectivity index is 1.50. The fourth-order valence-corrected chi connectivity index (χ4v) is 2.73. The third-order valence-electron chi connectivity index (χ3n) is 3.86. The highest BCUT2D eigenvalue weighted by molar-refractivity contribution is 5.62. The van der Waals surface area contributed by atoms with Crippen molar-refractivity contribution in [3.8, 4) is 11.3 Å². The lowest BCUT2D eigenvalue weighted by Gasteiger charge is -2.14. The van der Waals surface area contributed by atoms with Gasteiger partial charge in [-0.05, 0) is 37.4 Å². The average molecular weight is 337 g/mol. The third kappa shape index (κ3) is 3.24. The highest BCUT2D eigenvalue weighted by atomic mass is 19.1. The summed E-state index contributed by atoms with van der Waals surface area (Å²) >= 11 is 0. The number of hydrogen-bond acceptors (Lipinski definition) is 5. The Hall–Kier alpha value is -3.13. The van der Waals surface area contributed by atoms with E-state index >= 15 is 0 Å². The molecule has 3 heterocycles. The second kappa shape index (κ2) is 6.40. The second-order valence-electron chi connectivity index (χ2n) is 5.84. The van der Waals surface area contributed by atoms with Crippen LogP contribution in [0.1, 0.15) is 11.4 Å². The number of halogens is 1. The minimum atomic E-state index is -0.256. The summed E-state index contributed by atoms with van der Waals surface area (Å²) in [6.45, 7) is 1.24. The van der Waals surface area contributed by atoms with Gasteiger partial charge in [0.25, 0.3) is 5.78 Å². The smallest absolute Gasteiger partial charge is 0.252 e. The Labute approximate surface area is 143 Å². The molecule has 0 radical (unpaired) electrons. The molecule has 0 aliphatic heterocycles. The monoisotopic (exact) mass is 337 g/mol. The Morgan fingerprint density at radius 2 is 2.04 bits per heavy atom. The number of aromatic nitrogens is 6. The Morgan fingerprint density at radius 1 is 1.20 bits per heavy atom. The van der Waals surface area contributed by atoms with Crippen molar-refractivity contribution in [2.24, 2.45) is 0 Å². The molecule has 0 saturated carbocycles. The van der Waals surface area contributed by atoms with Gasteiger partial charge in [-0.1, -0.05) is 0 Å². The van der Waals surface area contributed by atoms with Crippen molar-refractivity contribution in [3.05, 3.63) is 66.1 Å². The van der Waals surface area contributed by atoms with Gasteiger partial charge in [-0.3, -0.25) is 10.00 Å². The van der Waals surface area contributed by atoms with E-state index in [-0.39, 0.29) is 5.82 Å². The molecule has 1 aromatic carbocycles. The average Bonchev–Trinajstić information content (AvgIpc) is 3.21. The number of benzene rings is 1. The third-order valence-corrected chi connectivity index (χ3v) is 3.86. The van der Waals surface area contributed by atoms with Crippen LogP contribution in [0.15, 0.2) is 48.9 Å². The van der Waals surface area contributed by atoms with Crippen molar-refractivity contribution in [2.45, 2.75) is 13.1 Å². The Kier molecular flexibility index (Phi) is 3.95. The summed E-state index contributed by atoms with van der Waals surface area (Å²) in [7, 11) is 1.99. The highest BCUT2D eigenvalue weighted by Crippen LogP contribution is 2.22. The zero-order valence-corrected chi connectivity index (χ0v) is 13.6. The molecule has 0 atom stereocenters. The summed E-state index contributed by atoms with van der Waals surface area (Å²) in [6.07, 6.45) is 5.30. The van der Waals surface area contributed by atoms with Crippen LogP contribution < -0.4 is 0 Å². The molecule has 3 aromatic heterocycles. The molecule has 8 heteroatoms. The summed E-state index contributed by atoms with van der Waals surface area (Å²) in [6, 6.07) is 8.17. The minimum Gasteiger partial charge on any atom is -0.295 e. The highest BCUT2D eigenvalue weighted by Gasteiger charge is 2.12. The van der Waals surface area contributed by atoms with Crippen LogP contribution >= 0.6 is 0 Å². The molecule has 0 unspecified atom stereocenters. The number of fused-ring (bicyclic) bond motifs is 1. The van der Waals surface area contributed by atoms with Crippen molar-refractivity contribution in [3.63, 3.8) is 0 Å². The first-order valence-corrected chi connectivity index (χ1v) is 7.82. The van der Waals surface area contributed by atoms with E-state index < -0.39 is 0 Å². The van der Waals surface area contributed by atoms with Gasteiger partial charge >= 0.3 is 0 Å². The SMILES string of the molecule is CN(Cc1nc2ncccn2n1)Cc1cn[nH]c1-c1ccc(F)cc1. The van der Waals surface area contributed by atoms with Crippen molar-refractivity contribution < 1.29 is 4.39 Å². The summed E-state index contributed by atoms with van der Waals surface area (Å²) < 4.78 is 14.8. The van der Waals surface area contributed by atoms with Gasteiger partial charge in [-0.15, -0.1) is 5.10 Å². The first-order valence-electron chi connectivity index (χ1n) is 7.82. The van der Waals surface area contributed by atoms with Crippen LogP contribution in [0.5, 0.6) is 0 Å². The van der Waals surface area contributed by atoms with E-state index in [9.17, 15) is 4.39 Å². The summed E-state index contributed by atoms with van der Waals surface area (Å²) in [5, 5.41) is 11.5. The molecule has 126 valence electrons. The number of rotatable bonds is 5. The first-order chi connectivity index (χ1) is 12.2. The summed E-state index contributed by atoms with van der Waals surface area (Å²) in [5.74, 6) is 1.03. The molecule has 7 nitrogen and oxygen atoms in total. The van der Waals surface area contributed by atoms with Crippen LogP contribution in [0.25, 0.3) is 17.0 Å². The van der Waals surface area contributed by atoms with Crippen LogP contribution in [-0.2, 0) is 13.1 Å². The van der Waals surface area contributed by atoms with E-state index in [0.29, 0.717) is 24.7 Å². The van der Waals surface area contributed by atoms with Gasteiger partial charge in [-0.2, -0.15) is 10.1 Å². The van der Waals surface area contributed by atoms with Crippen molar-refractivity contribution in [1.82, 2.24) is 34.7 Å². The van der Waals surface area contributed by atoms with Crippen molar-refractivity contribution in [2.75, 3.05) is 7.05 Å². The van der Waals surface area contributed by atoms with Gasteiger partial charge < -0.3 is 0 Å². The number of nitrogens with one attached hydrogen (secondary N) is 1. The lowest BCUT2D eigenvalue weighted by atomic mass is 10.1. The molecule has 0 spiro atoms. The number of H-pyrrole nitrogens is 1. The number of hydrogen-bond donors (Lipinski definition) is 1. The maximum atomic E-state index is 13.1. The maximum Gasteiger partial charge on any atom is 0.252 e. The zero-order valence-electron chi connectivity index (χ0n) is 13.6. The second-order valence-corrected chi connectivity index (χ2v) is 5.84. The van der Waals surface area contributed by atoms with Crippen molar-refractivity contribution >= 4 is 5.78 Å². The molecule has 0 aliphatic rings. The molecule has 0 saturated heterocycles. The molecule has 1 N–H and O–H groups in total. The molecule has 4 rings (SSSR count). The van der Waals surface area contributed by atoms with Gasteiger partial charge in [0.1, 0.15) is 5.82 Å². The van der Waals surface area contributed by atoms with E-state index in [1.807, 2.05) is 19.3 Å². The van der Waals surface area contributed by atoms with E-state index in [2.05, 4.69) is 30.2 Å². The summed E-state index contributed by atoms with van der Waals surface area (Å²) in [4.78, 5) is 10.7. The molecule has 25 heavy (non-hydrogen) atoms. The topological polar surface area (TPSA) is 75.0 Å². The molecule has 0 bridgehead atoms. The standard InChI is InChI=1S/C17H16FN7/c1-24(11-15-21-17-19-7-2-8-25(17)23-15)10-13-9-20-22-16(13)12-3-5-14(18)6-4-12/h2-9H,10-11H2,1H3,(H,20,22). The first kappa shape index (κ1) is 15.4. The van der Waals surface area contributed by atoms with Gasteiger partial charge in [0.05, 0.1) is 18.4 Å². The van der Waals surface area contributed by atoms with Crippen LogP contribution in [0.4, 0.5) is 4.39 Å². The van der Waals surface area contributed by atoms with Crippen LogP contribution in [0.3, 0.4) is 0 Å². The number of nitrogens with zero attached hydrogens (tertiary/aromatic N) is 6. The fraction of sp³-hybridized carbons (Fsp3) is 0.176. The van der Waals surface area contributed by atoms with Crippen LogP contribution in [0, 0.1) is 5.82 Å². The maximum absolute atomic E-state index is 13.1. The summed E-state index contributed by atoms with van der Waals surface area (Å²) in [5.41, 5.74) is 2.81. The lowest BCUT2D eigenvalue weighted by molar-refractivity contribution is 0.311. The fourth-order valence-electron chi connectivity index (χ4n) is 2.73.